The van der Waals surface area contributed by atoms with E-state index in [1.54, 1.807) is 0 Å². The highest BCUT2D eigenvalue weighted by Crippen LogP contribution is 2.24. The summed E-state index contributed by atoms with van der Waals surface area (Å²) < 4.78 is 1.18. The number of aromatic nitrogens is 2. The van der Waals surface area contributed by atoms with E-state index in [0.717, 1.165) is 4.90 Å². The first kappa shape index (κ1) is 12.3. The number of hydrogen-bond donors (Lipinski definition) is 1. The van der Waals surface area contributed by atoms with Gasteiger partial charge in [-0.25, -0.2) is 4.90 Å². The lowest BCUT2D eigenvalue weighted by Crippen LogP contribution is -2.42. The van der Waals surface area contributed by atoms with Crippen LogP contribution in [-0.2, 0) is 20.9 Å². The maximum atomic E-state index is 11.8. The van der Waals surface area contributed by atoms with E-state index < -0.39 is 5.97 Å². The van der Waals surface area contributed by atoms with Gasteiger partial charge in [-0.3, -0.25) is 19.1 Å². The van der Waals surface area contributed by atoms with Gasteiger partial charge in [0.25, 0.3) is 0 Å². The molecule has 2 heterocycles. The maximum Gasteiger partial charge on any atom is 0.325 e. The highest BCUT2D eigenvalue weighted by atomic mass is 16.4. The molecule has 2 amide bonds. The zero-order chi connectivity index (χ0) is 13.3. The van der Waals surface area contributed by atoms with E-state index in [-0.39, 0.29) is 24.3 Å². The molecule has 0 spiro atoms. The van der Waals surface area contributed by atoms with Crippen LogP contribution in [0.4, 0.5) is 5.69 Å². The van der Waals surface area contributed by atoms with E-state index in [9.17, 15) is 14.4 Å². The number of amides is 2. The molecular weight excluding hydrogens is 238 g/mol. The van der Waals surface area contributed by atoms with Gasteiger partial charge in [-0.1, -0.05) is 6.92 Å². The molecule has 0 saturated carbocycles. The van der Waals surface area contributed by atoms with E-state index >= 15 is 0 Å². The number of anilines is 1. The van der Waals surface area contributed by atoms with Gasteiger partial charge < -0.3 is 5.11 Å². The normalized spacial score (nSPS) is 17.3. The molecule has 1 N–H and O–H groups in total. The van der Waals surface area contributed by atoms with Crippen molar-refractivity contribution >= 4 is 23.5 Å². The predicted octanol–water partition coefficient (Wildman–Crippen LogP) is 0.257. The number of carboxylic acids is 1. The number of nitrogens with zero attached hydrogens (tertiary/aromatic N) is 3. The summed E-state index contributed by atoms with van der Waals surface area (Å²) in [6, 6.07) is 0. The first-order chi connectivity index (χ1) is 8.47. The van der Waals surface area contributed by atoms with Gasteiger partial charge in [0, 0.05) is 19.0 Å². The Hall–Kier alpha value is -2.18. The van der Waals surface area contributed by atoms with Crippen molar-refractivity contribution in [3.8, 4) is 0 Å². The van der Waals surface area contributed by atoms with Crippen molar-refractivity contribution in [3.63, 3.8) is 0 Å². The molecule has 7 nitrogen and oxygen atoms in total. The summed E-state index contributed by atoms with van der Waals surface area (Å²) in [6.45, 7) is 1.55. The molecule has 2 rings (SSSR count). The average Bonchev–Trinajstić information content (AvgIpc) is 2.63. The summed E-state index contributed by atoms with van der Waals surface area (Å²) in [7, 11) is 0. The second kappa shape index (κ2) is 4.59. The number of piperidine rings is 1. The van der Waals surface area contributed by atoms with Crippen molar-refractivity contribution in [1.82, 2.24) is 9.78 Å². The molecule has 1 fully saturated rings. The van der Waals surface area contributed by atoms with E-state index in [0.29, 0.717) is 18.5 Å². The molecule has 1 aromatic rings. The van der Waals surface area contributed by atoms with Crippen LogP contribution in [-0.4, -0.2) is 32.7 Å². The predicted molar refractivity (Wildman–Crippen MR) is 60.8 cm³/mol. The van der Waals surface area contributed by atoms with Crippen molar-refractivity contribution in [2.45, 2.75) is 26.3 Å². The number of imide groups is 1. The zero-order valence-electron chi connectivity index (χ0n) is 9.87. The minimum Gasteiger partial charge on any atom is -0.480 e. The first-order valence-electron chi connectivity index (χ1n) is 5.57. The average molecular weight is 251 g/mol. The molecular formula is C11H13N3O4. The highest BCUT2D eigenvalue weighted by molar-refractivity contribution is 6.16. The van der Waals surface area contributed by atoms with Crippen molar-refractivity contribution in [2.75, 3.05) is 4.90 Å². The maximum absolute atomic E-state index is 11.8. The first-order valence-corrected chi connectivity index (χ1v) is 5.57. The Balaban J connectivity index is 2.20. The molecule has 7 heteroatoms. The molecule has 1 aliphatic rings. The lowest BCUT2D eigenvalue weighted by molar-refractivity contribution is -0.138. The van der Waals surface area contributed by atoms with Gasteiger partial charge in [-0.2, -0.15) is 5.10 Å². The smallest absolute Gasteiger partial charge is 0.325 e. The van der Waals surface area contributed by atoms with Gasteiger partial charge in [0.2, 0.25) is 11.8 Å². The largest absolute Gasteiger partial charge is 0.480 e. The van der Waals surface area contributed by atoms with Crippen molar-refractivity contribution < 1.29 is 19.5 Å². The molecule has 0 bridgehead atoms. The van der Waals surface area contributed by atoms with Crippen LogP contribution in [0.15, 0.2) is 12.4 Å². The molecule has 1 aromatic heterocycles. The summed E-state index contributed by atoms with van der Waals surface area (Å²) in [5, 5.41) is 12.4. The van der Waals surface area contributed by atoms with E-state index in [2.05, 4.69) is 5.10 Å². The quantitative estimate of drug-likeness (QED) is 0.778. The summed E-state index contributed by atoms with van der Waals surface area (Å²) in [5.41, 5.74) is 0.332. The minimum atomic E-state index is -1.03. The minimum absolute atomic E-state index is 0.0512. The van der Waals surface area contributed by atoms with Crippen LogP contribution in [0, 0.1) is 5.92 Å². The Morgan fingerprint density at radius 3 is 2.61 bits per heavy atom. The molecule has 1 aliphatic heterocycles. The van der Waals surface area contributed by atoms with E-state index in [1.807, 2.05) is 6.92 Å². The van der Waals surface area contributed by atoms with Gasteiger partial charge in [0.05, 0.1) is 11.9 Å². The summed E-state index contributed by atoms with van der Waals surface area (Å²) in [4.78, 5) is 35.2. The van der Waals surface area contributed by atoms with Gasteiger partial charge in [-0.05, 0) is 5.92 Å². The van der Waals surface area contributed by atoms with Gasteiger partial charge >= 0.3 is 5.97 Å². The van der Waals surface area contributed by atoms with Gasteiger partial charge in [0.1, 0.15) is 6.54 Å². The van der Waals surface area contributed by atoms with Crippen LogP contribution in [0.3, 0.4) is 0 Å². The Kier molecular flexibility index (Phi) is 3.14. The Morgan fingerprint density at radius 1 is 1.44 bits per heavy atom. The van der Waals surface area contributed by atoms with Crippen molar-refractivity contribution in [1.29, 1.82) is 0 Å². The third kappa shape index (κ3) is 2.39. The van der Waals surface area contributed by atoms with Crippen molar-refractivity contribution in [3.05, 3.63) is 12.4 Å². The topological polar surface area (TPSA) is 92.5 Å². The second-order valence-corrected chi connectivity index (χ2v) is 4.43. The molecule has 0 aromatic carbocycles. The van der Waals surface area contributed by atoms with Crippen molar-refractivity contribution in [2.24, 2.45) is 5.92 Å². The van der Waals surface area contributed by atoms with E-state index in [1.165, 1.54) is 17.1 Å². The summed E-state index contributed by atoms with van der Waals surface area (Å²) >= 11 is 0. The number of carbonyl (C=O) groups is 3. The standard InChI is InChI=1S/C11H13N3O4/c1-7-2-9(15)14(10(16)3-7)8-4-12-13(5-8)6-11(17)18/h4-5,7H,2-3,6H2,1H3,(H,17,18). The van der Waals surface area contributed by atoms with Crippen LogP contribution < -0.4 is 4.90 Å². The number of hydrogen-bond acceptors (Lipinski definition) is 4. The number of aliphatic carboxylic acids is 1. The zero-order valence-corrected chi connectivity index (χ0v) is 9.87. The second-order valence-electron chi connectivity index (χ2n) is 4.43. The highest BCUT2D eigenvalue weighted by Gasteiger charge is 2.32. The Labute approximate surface area is 103 Å². The third-order valence-corrected chi connectivity index (χ3v) is 2.72. The third-order valence-electron chi connectivity index (χ3n) is 2.72. The molecule has 0 unspecified atom stereocenters. The Morgan fingerprint density at radius 2 is 2.06 bits per heavy atom. The number of rotatable bonds is 3. The molecule has 0 atom stereocenters. The lowest BCUT2D eigenvalue weighted by Gasteiger charge is -2.26. The number of carbonyl (C=O) groups excluding carboxylic acids is 2. The SMILES string of the molecule is CC1CC(=O)N(c2cnn(CC(=O)O)c2)C(=O)C1. The van der Waals surface area contributed by atoms with Crippen LogP contribution in [0.25, 0.3) is 0 Å². The van der Waals surface area contributed by atoms with Crippen LogP contribution in [0.2, 0.25) is 0 Å². The summed E-state index contributed by atoms with van der Waals surface area (Å²) in [6.07, 6.45) is 3.35. The fraction of sp³-hybridized carbons (Fsp3) is 0.455. The monoisotopic (exact) mass is 251 g/mol. The number of carboxylic acid groups (broad SMARTS) is 1. The van der Waals surface area contributed by atoms with Crippen LogP contribution in [0.5, 0.6) is 0 Å². The van der Waals surface area contributed by atoms with Crippen LogP contribution >= 0.6 is 0 Å². The van der Waals surface area contributed by atoms with Gasteiger partial charge in [0.15, 0.2) is 0 Å². The van der Waals surface area contributed by atoms with Crippen LogP contribution in [0.1, 0.15) is 19.8 Å². The molecule has 0 radical (unpaired) electrons. The Bertz CT molecular complexity index is 490. The lowest BCUT2D eigenvalue weighted by atomic mass is 9.98. The molecule has 1 saturated heterocycles. The molecule has 96 valence electrons. The molecule has 0 aliphatic carbocycles. The fourth-order valence-electron chi connectivity index (χ4n) is 1.97. The molecule has 18 heavy (non-hydrogen) atoms. The summed E-state index contributed by atoms with van der Waals surface area (Å²) in [5.74, 6) is -1.52. The fourth-order valence-corrected chi connectivity index (χ4v) is 1.97. The van der Waals surface area contributed by atoms with E-state index in [4.69, 9.17) is 5.11 Å². The van der Waals surface area contributed by atoms with Gasteiger partial charge in [-0.15, -0.1) is 0 Å².